The van der Waals surface area contributed by atoms with Crippen LogP contribution in [0.4, 0.5) is 10.1 Å². The molecule has 1 N–H and O–H groups in total. The zero-order valence-electron chi connectivity index (χ0n) is 16.4. The Kier molecular flexibility index (Phi) is 5.33. The number of benzene rings is 3. The van der Waals surface area contributed by atoms with Gasteiger partial charge in [0.2, 0.25) is 5.82 Å². The molecule has 4 aromatic rings. The van der Waals surface area contributed by atoms with Gasteiger partial charge in [0.15, 0.2) is 5.82 Å². The number of halogens is 2. The molecule has 30 heavy (non-hydrogen) atoms. The highest BCUT2D eigenvalue weighted by Gasteiger charge is 2.21. The molecule has 4 rings (SSSR count). The number of hydrogen-bond donors (Lipinski definition) is 1. The Morgan fingerprint density at radius 3 is 2.57 bits per heavy atom. The zero-order chi connectivity index (χ0) is 21.3. The number of anilines is 1. The predicted octanol–water partition coefficient (Wildman–Crippen LogP) is 5.60. The molecule has 0 unspecified atom stereocenters. The summed E-state index contributed by atoms with van der Waals surface area (Å²) in [4.78, 5) is 17.2. The van der Waals surface area contributed by atoms with Gasteiger partial charge in [-0.1, -0.05) is 48.0 Å². The summed E-state index contributed by atoms with van der Waals surface area (Å²) in [5.74, 6) is -0.749. The Labute approximate surface area is 178 Å². The molecule has 7 heteroatoms. The van der Waals surface area contributed by atoms with Crippen LogP contribution in [0.2, 0.25) is 5.02 Å². The molecule has 0 atom stereocenters. The van der Waals surface area contributed by atoms with Gasteiger partial charge in [-0.05, 0) is 55.3 Å². The molecule has 3 aromatic carbocycles. The van der Waals surface area contributed by atoms with E-state index < -0.39 is 11.7 Å². The maximum Gasteiger partial charge on any atom is 0.295 e. The van der Waals surface area contributed by atoms with Gasteiger partial charge in [-0.2, -0.15) is 0 Å². The fourth-order valence-electron chi connectivity index (χ4n) is 3.10. The predicted molar refractivity (Wildman–Crippen MR) is 116 cm³/mol. The maximum absolute atomic E-state index is 13.9. The van der Waals surface area contributed by atoms with E-state index in [0.717, 1.165) is 16.8 Å². The van der Waals surface area contributed by atoms with E-state index in [1.54, 1.807) is 35.0 Å². The minimum atomic E-state index is -0.604. The lowest BCUT2D eigenvalue weighted by atomic mass is 10.1. The van der Waals surface area contributed by atoms with Crippen molar-refractivity contribution in [1.29, 1.82) is 0 Å². The Bertz CT molecular complexity index is 1250. The van der Waals surface area contributed by atoms with Gasteiger partial charge in [-0.25, -0.2) is 14.1 Å². The summed E-state index contributed by atoms with van der Waals surface area (Å²) in [7, 11) is 0. The van der Waals surface area contributed by atoms with Crippen LogP contribution in [-0.2, 0) is 0 Å². The van der Waals surface area contributed by atoms with Crippen LogP contribution in [0.25, 0.3) is 17.1 Å². The van der Waals surface area contributed by atoms with Crippen molar-refractivity contribution in [3.63, 3.8) is 0 Å². The van der Waals surface area contributed by atoms with Crippen LogP contribution in [0.15, 0.2) is 66.7 Å². The molecule has 1 aromatic heterocycles. The van der Waals surface area contributed by atoms with E-state index in [0.29, 0.717) is 16.4 Å². The number of para-hydroxylation sites is 1. The van der Waals surface area contributed by atoms with Gasteiger partial charge in [0, 0.05) is 10.6 Å². The van der Waals surface area contributed by atoms with Crippen LogP contribution < -0.4 is 5.32 Å². The molecular weight excluding hydrogens is 403 g/mol. The second-order valence-corrected chi connectivity index (χ2v) is 7.27. The van der Waals surface area contributed by atoms with Crippen molar-refractivity contribution in [1.82, 2.24) is 14.8 Å². The van der Waals surface area contributed by atoms with E-state index in [9.17, 15) is 9.18 Å². The SMILES string of the molecule is Cc1cccc(-n2nc(C(=O)Nc3ccccc3F)nc2-c2cccc(Cl)c2)c1C. The van der Waals surface area contributed by atoms with Crippen LogP contribution >= 0.6 is 11.6 Å². The summed E-state index contributed by atoms with van der Waals surface area (Å²) in [6, 6.07) is 18.9. The van der Waals surface area contributed by atoms with Gasteiger partial charge in [0.25, 0.3) is 5.91 Å². The molecule has 0 saturated heterocycles. The van der Waals surface area contributed by atoms with Gasteiger partial charge >= 0.3 is 0 Å². The van der Waals surface area contributed by atoms with E-state index >= 15 is 0 Å². The largest absolute Gasteiger partial charge is 0.317 e. The minimum Gasteiger partial charge on any atom is -0.317 e. The summed E-state index contributed by atoms with van der Waals surface area (Å²) in [6.07, 6.45) is 0. The topological polar surface area (TPSA) is 59.8 Å². The van der Waals surface area contributed by atoms with E-state index in [1.807, 2.05) is 38.1 Å². The molecule has 0 fully saturated rings. The number of carbonyl (C=O) groups is 1. The summed E-state index contributed by atoms with van der Waals surface area (Å²) >= 11 is 6.17. The lowest BCUT2D eigenvalue weighted by Gasteiger charge is -2.11. The molecule has 0 radical (unpaired) electrons. The number of hydrogen-bond acceptors (Lipinski definition) is 3. The van der Waals surface area contributed by atoms with E-state index in [4.69, 9.17) is 11.6 Å². The first-order valence-corrected chi connectivity index (χ1v) is 9.67. The Hall–Kier alpha value is -3.51. The van der Waals surface area contributed by atoms with Crippen LogP contribution in [0.5, 0.6) is 0 Å². The van der Waals surface area contributed by atoms with Gasteiger partial charge in [0.1, 0.15) is 5.82 Å². The second kappa shape index (κ2) is 8.08. The molecule has 0 bridgehead atoms. The number of aromatic nitrogens is 3. The lowest BCUT2D eigenvalue weighted by Crippen LogP contribution is -2.15. The molecule has 1 amide bonds. The quantitative estimate of drug-likeness (QED) is 0.467. The average Bonchev–Trinajstić information content (AvgIpc) is 3.17. The van der Waals surface area contributed by atoms with Crippen molar-refractivity contribution in [3.05, 3.63) is 94.5 Å². The van der Waals surface area contributed by atoms with Crippen molar-refractivity contribution >= 4 is 23.2 Å². The highest BCUT2D eigenvalue weighted by Crippen LogP contribution is 2.26. The maximum atomic E-state index is 13.9. The van der Waals surface area contributed by atoms with Gasteiger partial charge in [-0.15, -0.1) is 5.10 Å². The Morgan fingerprint density at radius 2 is 1.80 bits per heavy atom. The van der Waals surface area contributed by atoms with Gasteiger partial charge < -0.3 is 5.32 Å². The first-order valence-electron chi connectivity index (χ1n) is 9.29. The fourth-order valence-corrected chi connectivity index (χ4v) is 3.29. The Morgan fingerprint density at radius 1 is 1.03 bits per heavy atom. The lowest BCUT2D eigenvalue weighted by molar-refractivity contribution is 0.101. The number of nitrogens with one attached hydrogen (secondary N) is 1. The average molecular weight is 421 g/mol. The van der Waals surface area contributed by atoms with Gasteiger partial charge in [-0.3, -0.25) is 4.79 Å². The standard InChI is InChI=1S/C23H18ClFN4O/c1-14-7-5-12-20(15(14)2)29-22(16-8-6-9-17(24)13-16)27-21(28-29)23(30)26-19-11-4-3-10-18(19)25/h3-13H,1-2H3,(H,26,30). The normalized spacial score (nSPS) is 10.8. The molecule has 0 saturated carbocycles. The first kappa shape index (κ1) is 19.8. The van der Waals surface area contributed by atoms with Crippen LogP contribution in [0, 0.1) is 19.7 Å². The number of carbonyl (C=O) groups excluding carboxylic acids is 1. The minimum absolute atomic E-state index is 0.0647. The van der Waals surface area contributed by atoms with Crippen LogP contribution in [-0.4, -0.2) is 20.7 Å². The molecule has 1 heterocycles. The van der Waals surface area contributed by atoms with Crippen molar-refractivity contribution < 1.29 is 9.18 Å². The fraction of sp³-hybridized carbons (Fsp3) is 0.0870. The smallest absolute Gasteiger partial charge is 0.295 e. The molecular formula is C23H18ClFN4O. The molecule has 5 nitrogen and oxygen atoms in total. The highest BCUT2D eigenvalue weighted by molar-refractivity contribution is 6.30. The number of aryl methyl sites for hydroxylation is 1. The number of nitrogens with zero attached hydrogens (tertiary/aromatic N) is 3. The van der Waals surface area contributed by atoms with Crippen molar-refractivity contribution in [3.8, 4) is 17.1 Å². The zero-order valence-corrected chi connectivity index (χ0v) is 17.1. The number of rotatable bonds is 4. The van der Waals surface area contributed by atoms with Crippen LogP contribution in [0.1, 0.15) is 21.7 Å². The molecule has 0 aliphatic heterocycles. The molecule has 0 aliphatic carbocycles. The molecule has 0 aliphatic rings. The van der Waals surface area contributed by atoms with E-state index in [2.05, 4.69) is 15.4 Å². The summed E-state index contributed by atoms with van der Waals surface area (Å²) in [5.41, 5.74) is 3.65. The summed E-state index contributed by atoms with van der Waals surface area (Å²) < 4.78 is 15.6. The summed E-state index contributed by atoms with van der Waals surface area (Å²) in [6.45, 7) is 3.98. The summed E-state index contributed by atoms with van der Waals surface area (Å²) in [5, 5.41) is 7.51. The van der Waals surface area contributed by atoms with Crippen molar-refractivity contribution in [2.75, 3.05) is 5.32 Å². The van der Waals surface area contributed by atoms with Gasteiger partial charge in [0.05, 0.1) is 11.4 Å². The van der Waals surface area contributed by atoms with E-state index in [-0.39, 0.29) is 11.5 Å². The highest BCUT2D eigenvalue weighted by atomic mass is 35.5. The van der Waals surface area contributed by atoms with Crippen molar-refractivity contribution in [2.24, 2.45) is 0 Å². The Balaban J connectivity index is 1.83. The molecule has 150 valence electrons. The first-order chi connectivity index (χ1) is 14.4. The van der Waals surface area contributed by atoms with Crippen molar-refractivity contribution in [2.45, 2.75) is 13.8 Å². The monoisotopic (exact) mass is 420 g/mol. The second-order valence-electron chi connectivity index (χ2n) is 6.83. The third kappa shape index (κ3) is 3.82. The number of amides is 1. The third-order valence-corrected chi connectivity index (χ3v) is 5.05. The molecule has 0 spiro atoms. The van der Waals surface area contributed by atoms with E-state index in [1.165, 1.54) is 12.1 Å². The van der Waals surface area contributed by atoms with Crippen LogP contribution in [0.3, 0.4) is 0 Å². The third-order valence-electron chi connectivity index (χ3n) is 4.82.